The van der Waals surface area contributed by atoms with E-state index in [1.807, 2.05) is 24.4 Å². The Morgan fingerprint density at radius 1 is 1.25 bits per heavy atom. The molecule has 0 aromatic carbocycles. The second kappa shape index (κ2) is 7.47. The summed E-state index contributed by atoms with van der Waals surface area (Å²) in [6, 6.07) is 6.16. The molecular formula is C12H14BF4N3. The van der Waals surface area contributed by atoms with E-state index < -0.39 is 7.25 Å². The lowest BCUT2D eigenvalue weighted by atomic mass is 10.3. The number of hydrogen-bond acceptors (Lipinski definition) is 1. The van der Waals surface area contributed by atoms with E-state index in [-0.39, 0.29) is 0 Å². The number of imidazole rings is 1. The Bertz CT molecular complexity index is 532. The molecule has 0 fully saturated rings. The standard InChI is InChI=1S/C12H13N3.BF4/c1-2-15-10-4-3-5-11(15)6-7-12-13-8-9-14-12;2-1(3,4)5/h3-10H,2H2,1H3;/q;-1/p+1. The SMILES string of the molecule is CC[n+]1ccccc1/C=C/c1ncc[nH]1.F[B-](F)(F)F. The van der Waals surface area contributed by atoms with Crippen LogP contribution in [0.5, 0.6) is 0 Å². The maximum atomic E-state index is 9.75. The van der Waals surface area contributed by atoms with Gasteiger partial charge in [0.1, 0.15) is 12.4 Å². The average Bonchev–Trinajstić information content (AvgIpc) is 2.88. The van der Waals surface area contributed by atoms with E-state index in [4.69, 9.17) is 0 Å². The van der Waals surface area contributed by atoms with E-state index in [9.17, 15) is 17.3 Å². The van der Waals surface area contributed by atoms with Gasteiger partial charge in [-0.05, 0) is 19.1 Å². The molecule has 2 aromatic rings. The van der Waals surface area contributed by atoms with E-state index >= 15 is 0 Å². The molecule has 0 aliphatic carbocycles. The Labute approximate surface area is 114 Å². The van der Waals surface area contributed by atoms with Crippen molar-refractivity contribution in [3.8, 4) is 0 Å². The molecule has 0 bridgehead atoms. The maximum absolute atomic E-state index is 9.75. The Morgan fingerprint density at radius 2 is 1.95 bits per heavy atom. The highest BCUT2D eigenvalue weighted by Gasteiger charge is 2.20. The fraction of sp³-hybridized carbons (Fsp3) is 0.167. The summed E-state index contributed by atoms with van der Waals surface area (Å²) in [6.07, 6.45) is 9.67. The molecule has 0 atom stereocenters. The predicted octanol–water partition coefficient (Wildman–Crippen LogP) is 3.19. The number of rotatable bonds is 3. The van der Waals surface area contributed by atoms with Crippen molar-refractivity contribution in [2.75, 3.05) is 0 Å². The second-order valence-corrected chi connectivity index (χ2v) is 3.71. The second-order valence-electron chi connectivity index (χ2n) is 3.71. The lowest BCUT2D eigenvalue weighted by Gasteiger charge is -1.95. The lowest BCUT2D eigenvalue weighted by Crippen LogP contribution is -2.34. The number of hydrogen-bond donors (Lipinski definition) is 1. The number of aryl methyl sites for hydroxylation is 1. The number of aromatic amines is 1. The minimum atomic E-state index is -6.00. The molecule has 1 N–H and O–H groups in total. The first-order valence-corrected chi connectivity index (χ1v) is 5.93. The molecule has 0 radical (unpaired) electrons. The minimum absolute atomic E-state index is 0.876. The first kappa shape index (κ1) is 15.9. The van der Waals surface area contributed by atoms with Crippen molar-refractivity contribution in [2.45, 2.75) is 13.5 Å². The van der Waals surface area contributed by atoms with Gasteiger partial charge in [0.2, 0.25) is 5.69 Å². The molecule has 0 saturated carbocycles. The smallest absolute Gasteiger partial charge is 0.418 e. The van der Waals surface area contributed by atoms with Gasteiger partial charge in [-0.2, -0.15) is 4.57 Å². The quantitative estimate of drug-likeness (QED) is 0.525. The summed E-state index contributed by atoms with van der Waals surface area (Å²) < 4.78 is 41.2. The largest absolute Gasteiger partial charge is 0.673 e. The zero-order chi connectivity index (χ0) is 15.0. The lowest BCUT2D eigenvalue weighted by molar-refractivity contribution is -0.695. The maximum Gasteiger partial charge on any atom is 0.673 e. The highest BCUT2D eigenvalue weighted by Crippen LogP contribution is 2.06. The van der Waals surface area contributed by atoms with Crippen molar-refractivity contribution in [1.82, 2.24) is 9.97 Å². The van der Waals surface area contributed by atoms with Gasteiger partial charge in [-0.3, -0.25) is 0 Å². The first-order chi connectivity index (χ1) is 9.40. The molecule has 0 saturated heterocycles. The summed E-state index contributed by atoms with van der Waals surface area (Å²) in [5, 5.41) is 0. The molecule has 2 heterocycles. The Balaban J connectivity index is 0.000000347. The highest BCUT2D eigenvalue weighted by molar-refractivity contribution is 6.50. The van der Waals surface area contributed by atoms with Crippen molar-refractivity contribution in [1.29, 1.82) is 0 Å². The first-order valence-electron chi connectivity index (χ1n) is 5.93. The molecule has 0 spiro atoms. The normalized spacial score (nSPS) is 11.2. The van der Waals surface area contributed by atoms with Gasteiger partial charge in [0.15, 0.2) is 6.20 Å². The molecule has 2 rings (SSSR count). The Hall–Kier alpha value is -2.12. The third-order valence-corrected chi connectivity index (χ3v) is 2.25. The van der Waals surface area contributed by atoms with Gasteiger partial charge < -0.3 is 22.2 Å². The summed E-state index contributed by atoms with van der Waals surface area (Å²) in [7, 11) is -6.00. The Morgan fingerprint density at radius 3 is 2.50 bits per heavy atom. The number of H-pyrrole nitrogens is 1. The van der Waals surface area contributed by atoms with Gasteiger partial charge in [-0.15, -0.1) is 0 Å². The summed E-state index contributed by atoms with van der Waals surface area (Å²) in [5.41, 5.74) is 1.18. The summed E-state index contributed by atoms with van der Waals surface area (Å²) in [4.78, 5) is 7.17. The van der Waals surface area contributed by atoms with Crippen LogP contribution in [0, 0.1) is 0 Å². The van der Waals surface area contributed by atoms with Gasteiger partial charge in [0, 0.05) is 30.6 Å². The molecule has 3 nitrogen and oxygen atoms in total. The predicted molar refractivity (Wildman–Crippen MR) is 70.0 cm³/mol. The summed E-state index contributed by atoms with van der Waals surface area (Å²) in [5.74, 6) is 0.876. The van der Waals surface area contributed by atoms with Crippen LogP contribution in [-0.2, 0) is 6.54 Å². The fourth-order valence-electron chi connectivity index (χ4n) is 1.46. The third-order valence-electron chi connectivity index (χ3n) is 2.25. The van der Waals surface area contributed by atoms with Crippen LogP contribution >= 0.6 is 0 Å². The van der Waals surface area contributed by atoms with Crippen LogP contribution in [0.1, 0.15) is 18.4 Å². The van der Waals surface area contributed by atoms with Crippen molar-refractivity contribution >= 4 is 19.4 Å². The molecule has 0 unspecified atom stereocenters. The van der Waals surface area contributed by atoms with Gasteiger partial charge in [-0.25, -0.2) is 4.98 Å². The zero-order valence-electron chi connectivity index (χ0n) is 10.8. The molecule has 0 aliphatic rings. The molecule has 0 aliphatic heterocycles. The molecule has 2 aromatic heterocycles. The van der Waals surface area contributed by atoms with Gasteiger partial charge >= 0.3 is 7.25 Å². The van der Waals surface area contributed by atoms with Gasteiger partial charge in [0.25, 0.3) is 0 Å². The van der Waals surface area contributed by atoms with Gasteiger partial charge in [-0.1, -0.05) is 0 Å². The van der Waals surface area contributed by atoms with Crippen LogP contribution in [0.25, 0.3) is 12.2 Å². The molecule has 0 amide bonds. The van der Waals surface area contributed by atoms with Crippen molar-refractivity contribution in [3.05, 3.63) is 48.3 Å². The molecule has 108 valence electrons. The van der Waals surface area contributed by atoms with Crippen LogP contribution in [0.3, 0.4) is 0 Å². The fourth-order valence-corrected chi connectivity index (χ4v) is 1.46. The number of pyridine rings is 1. The van der Waals surface area contributed by atoms with Crippen LogP contribution < -0.4 is 4.57 Å². The summed E-state index contributed by atoms with van der Waals surface area (Å²) in [6.45, 7) is 3.10. The van der Waals surface area contributed by atoms with E-state index in [0.717, 1.165) is 12.4 Å². The van der Waals surface area contributed by atoms with Crippen LogP contribution in [0.4, 0.5) is 17.3 Å². The van der Waals surface area contributed by atoms with E-state index in [1.54, 1.807) is 6.20 Å². The summed E-state index contributed by atoms with van der Waals surface area (Å²) >= 11 is 0. The van der Waals surface area contributed by atoms with Gasteiger partial charge in [0.05, 0.1) is 0 Å². The van der Waals surface area contributed by atoms with Crippen LogP contribution in [0.15, 0.2) is 36.8 Å². The van der Waals surface area contributed by atoms with Crippen molar-refractivity contribution < 1.29 is 21.8 Å². The average molecular weight is 287 g/mol. The van der Waals surface area contributed by atoms with Crippen molar-refractivity contribution in [2.24, 2.45) is 0 Å². The highest BCUT2D eigenvalue weighted by atomic mass is 19.5. The molecule has 8 heteroatoms. The Kier molecular flexibility index (Phi) is 5.95. The van der Waals surface area contributed by atoms with Crippen LogP contribution in [0.2, 0.25) is 0 Å². The number of nitrogens with zero attached hydrogens (tertiary/aromatic N) is 2. The monoisotopic (exact) mass is 287 g/mol. The number of halogens is 4. The van der Waals surface area contributed by atoms with E-state index in [0.29, 0.717) is 0 Å². The van der Waals surface area contributed by atoms with Crippen LogP contribution in [-0.4, -0.2) is 17.2 Å². The van der Waals surface area contributed by atoms with Crippen molar-refractivity contribution in [3.63, 3.8) is 0 Å². The third kappa shape index (κ3) is 6.72. The van der Waals surface area contributed by atoms with E-state index in [1.165, 1.54) is 5.69 Å². The topological polar surface area (TPSA) is 32.6 Å². The van der Waals surface area contributed by atoms with E-state index in [2.05, 4.69) is 39.8 Å². The molecular weight excluding hydrogens is 273 g/mol. The number of aromatic nitrogens is 3. The minimum Gasteiger partial charge on any atom is -0.418 e. The zero-order valence-corrected chi connectivity index (χ0v) is 10.8. The number of nitrogens with one attached hydrogen (secondary N) is 1. The molecule has 20 heavy (non-hydrogen) atoms.